The van der Waals surface area contributed by atoms with Gasteiger partial charge in [-0.3, -0.25) is 9.20 Å². The minimum atomic E-state index is -0.425. The molecule has 5 heteroatoms. The van der Waals surface area contributed by atoms with Crippen molar-refractivity contribution in [1.82, 2.24) is 9.38 Å². The molecule has 104 valence electrons. The van der Waals surface area contributed by atoms with Crippen molar-refractivity contribution in [2.24, 2.45) is 5.73 Å². The molecule has 0 aliphatic carbocycles. The van der Waals surface area contributed by atoms with E-state index in [1.165, 1.54) is 11.3 Å². The monoisotopic (exact) mass is 295 g/mol. The molecular weight excluding hydrogens is 282 g/mol. The van der Waals surface area contributed by atoms with E-state index in [1.54, 1.807) is 24.3 Å². The normalized spacial score (nSPS) is 11.9. The maximum Gasteiger partial charge on any atom is 0.248 e. The van der Waals surface area contributed by atoms with E-state index in [9.17, 15) is 4.79 Å². The second-order valence-electron chi connectivity index (χ2n) is 4.49. The van der Waals surface area contributed by atoms with E-state index >= 15 is 0 Å². The van der Waals surface area contributed by atoms with Gasteiger partial charge in [-0.05, 0) is 18.2 Å². The van der Waals surface area contributed by atoms with Crippen LogP contribution in [0.2, 0.25) is 0 Å². The summed E-state index contributed by atoms with van der Waals surface area (Å²) in [4.78, 5) is 16.7. The number of hydrogen-bond donors (Lipinski definition) is 1. The molecule has 2 aromatic heterocycles. The summed E-state index contributed by atoms with van der Waals surface area (Å²) in [6, 6.07) is 5.41. The molecule has 0 fully saturated rings. The summed E-state index contributed by atoms with van der Waals surface area (Å²) in [7, 11) is 0. The van der Waals surface area contributed by atoms with E-state index in [0.717, 1.165) is 26.4 Å². The SMILES string of the molecule is C=C/C=C(\C=C)c1cn2c(n1)sc1cc(C(N)=O)ccc12. The van der Waals surface area contributed by atoms with Crippen molar-refractivity contribution in [2.75, 3.05) is 0 Å². The standard InChI is InChI=1S/C16H13N3OS/c1-3-5-10(4-2)12-9-19-13-7-6-11(15(17)20)8-14(13)21-16(19)18-12/h3-9H,1-2H2,(H2,17,20)/b10-5+. The van der Waals surface area contributed by atoms with Gasteiger partial charge in [-0.15, -0.1) is 0 Å². The van der Waals surface area contributed by atoms with Crippen LogP contribution in [0.5, 0.6) is 0 Å². The average Bonchev–Trinajstić information content (AvgIpc) is 3.01. The van der Waals surface area contributed by atoms with Crippen LogP contribution in [0, 0.1) is 0 Å². The second kappa shape index (κ2) is 5.03. The smallest absolute Gasteiger partial charge is 0.248 e. The molecule has 0 aliphatic heterocycles. The highest BCUT2D eigenvalue weighted by Gasteiger charge is 2.11. The number of imidazole rings is 1. The van der Waals surface area contributed by atoms with Crippen LogP contribution in [0.25, 0.3) is 20.8 Å². The molecule has 2 heterocycles. The summed E-state index contributed by atoms with van der Waals surface area (Å²) >= 11 is 1.52. The van der Waals surface area contributed by atoms with Crippen molar-refractivity contribution in [1.29, 1.82) is 0 Å². The number of benzene rings is 1. The zero-order valence-corrected chi connectivity index (χ0v) is 12.1. The Morgan fingerprint density at radius 3 is 2.86 bits per heavy atom. The summed E-state index contributed by atoms with van der Waals surface area (Å²) in [5, 5.41) is 0. The molecule has 4 nitrogen and oxygen atoms in total. The van der Waals surface area contributed by atoms with Crippen molar-refractivity contribution in [3.63, 3.8) is 0 Å². The number of amides is 1. The first-order valence-corrected chi connectivity index (χ1v) is 7.12. The minimum Gasteiger partial charge on any atom is -0.366 e. The van der Waals surface area contributed by atoms with Gasteiger partial charge in [0.15, 0.2) is 4.96 Å². The fourth-order valence-electron chi connectivity index (χ4n) is 2.18. The highest BCUT2D eigenvalue weighted by atomic mass is 32.1. The van der Waals surface area contributed by atoms with Gasteiger partial charge in [0.25, 0.3) is 0 Å². The van der Waals surface area contributed by atoms with Gasteiger partial charge >= 0.3 is 0 Å². The van der Waals surface area contributed by atoms with Crippen LogP contribution in [-0.2, 0) is 0 Å². The lowest BCUT2D eigenvalue weighted by molar-refractivity contribution is 0.100. The number of rotatable bonds is 4. The Morgan fingerprint density at radius 2 is 2.19 bits per heavy atom. The first kappa shape index (κ1) is 13.3. The molecule has 2 N–H and O–H groups in total. The molecule has 0 bridgehead atoms. The van der Waals surface area contributed by atoms with Crippen LogP contribution < -0.4 is 5.73 Å². The Hall–Kier alpha value is -2.66. The van der Waals surface area contributed by atoms with Gasteiger partial charge in [0.05, 0.1) is 15.9 Å². The van der Waals surface area contributed by atoms with Gasteiger partial charge < -0.3 is 5.73 Å². The zero-order valence-electron chi connectivity index (χ0n) is 11.2. The molecule has 0 saturated carbocycles. The largest absolute Gasteiger partial charge is 0.366 e. The van der Waals surface area contributed by atoms with Gasteiger partial charge in [-0.25, -0.2) is 4.98 Å². The minimum absolute atomic E-state index is 0.425. The molecule has 0 aliphatic rings. The lowest BCUT2D eigenvalue weighted by Crippen LogP contribution is -2.10. The van der Waals surface area contributed by atoms with Gasteiger partial charge in [-0.1, -0.05) is 42.7 Å². The van der Waals surface area contributed by atoms with E-state index < -0.39 is 5.91 Å². The maximum absolute atomic E-state index is 11.2. The summed E-state index contributed by atoms with van der Waals surface area (Å²) in [6.07, 6.45) is 7.28. The number of carbonyl (C=O) groups excluding carboxylic acids is 1. The second-order valence-corrected chi connectivity index (χ2v) is 5.50. The van der Waals surface area contributed by atoms with Crippen molar-refractivity contribution < 1.29 is 4.79 Å². The molecule has 0 atom stereocenters. The molecule has 21 heavy (non-hydrogen) atoms. The highest BCUT2D eigenvalue weighted by molar-refractivity contribution is 7.23. The first-order chi connectivity index (χ1) is 10.1. The van der Waals surface area contributed by atoms with Crippen LogP contribution in [0.3, 0.4) is 0 Å². The zero-order chi connectivity index (χ0) is 15.0. The Morgan fingerprint density at radius 1 is 1.38 bits per heavy atom. The third-order valence-electron chi connectivity index (χ3n) is 3.19. The number of allylic oxidation sites excluding steroid dienone is 4. The molecule has 1 aromatic carbocycles. The summed E-state index contributed by atoms with van der Waals surface area (Å²) < 4.78 is 2.98. The average molecular weight is 295 g/mol. The summed E-state index contributed by atoms with van der Waals surface area (Å²) in [6.45, 7) is 7.48. The lowest BCUT2D eigenvalue weighted by Gasteiger charge is -1.96. The van der Waals surface area contributed by atoms with Gasteiger partial charge in [-0.2, -0.15) is 0 Å². The summed E-state index contributed by atoms with van der Waals surface area (Å²) in [5.41, 5.74) is 8.57. The van der Waals surface area contributed by atoms with E-state index in [1.807, 2.05) is 22.7 Å². The van der Waals surface area contributed by atoms with E-state index in [0.29, 0.717) is 5.56 Å². The van der Waals surface area contributed by atoms with E-state index in [4.69, 9.17) is 5.73 Å². The molecular formula is C16H13N3OS. The third-order valence-corrected chi connectivity index (χ3v) is 4.21. The van der Waals surface area contributed by atoms with Crippen LogP contribution >= 0.6 is 11.3 Å². The summed E-state index contributed by atoms with van der Waals surface area (Å²) in [5.74, 6) is -0.425. The van der Waals surface area contributed by atoms with Gasteiger partial charge in [0.2, 0.25) is 5.91 Å². The van der Waals surface area contributed by atoms with Crippen LogP contribution in [-0.4, -0.2) is 15.3 Å². The van der Waals surface area contributed by atoms with E-state index in [2.05, 4.69) is 18.1 Å². The molecule has 0 unspecified atom stereocenters. The third kappa shape index (κ3) is 2.17. The van der Waals surface area contributed by atoms with Gasteiger partial charge in [0, 0.05) is 17.3 Å². The Labute approximate surface area is 125 Å². The van der Waals surface area contributed by atoms with E-state index in [-0.39, 0.29) is 0 Å². The highest BCUT2D eigenvalue weighted by Crippen LogP contribution is 2.29. The molecule has 3 aromatic rings. The Kier molecular flexibility index (Phi) is 3.19. The number of aromatic nitrogens is 2. The predicted molar refractivity (Wildman–Crippen MR) is 87.5 cm³/mol. The lowest BCUT2D eigenvalue weighted by atomic mass is 10.2. The fourth-order valence-corrected chi connectivity index (χ4v) is 3.23. The number of carbonyl (C=O) groups is 1. The number of thiazole rings is 1. The molecule has 3 rings (SSSR count). The number of nitrogens with zero attached hydrogens (tertiary/aromatic N) is 2. The Balaban J connectivity index is 2.20. The fraction of sp³-hybridized carbons (Fsp3) is 0. The van der Waals surface area contributed by atoms with Gasteiger partial charge in [0.1, 0.15) is 0 Å². The quantitative estimate of drug-likeness (QED) is 0.750. The number of nitrogens with two attached hydrogens (primary N) is 1. The molecule has 0 spiro atoms. The van der Waals surface area contributed by atoms with Crippen molar-refractivity contribution in [3.05, 3.63) is 67.0 Å². The Bertz CT molecular complexity index is 914. The molecule has 0 radical (unpaired) electrons. The van der Waals surface area contributed by atoms with Crippen molar-refractivity contribution in [2.45, 2.75) is 0 Å². The van der Waals surface area contributed by atoms with Crippen molar-refractivity contribution in [3.8, 4) is 0 Å². The molecule has 0 saturated heterocycles. The number of fused-ring (bicyclic) bond motifs is 3. The topological polar surface area (TPSA) is 60.4 Å². The van der Waals surface area contributed by atoms with Crippen LogP contribution in [0.15, 0.2) is 55.8 Å². The maximum atomic E-state index is 11.2. The molecule has 1 amide bonds. The predicted octanol–water partition coefficient (Wildman–Crippen LogP) is 3.40. The van der Waals surface area contributed by atoms with Crippen molar-refractivity contribution >= 4 is 38.0 Å². The van der Waals surface area contributed by atoms with Crippen LogP contribution in [0.4, 0.5) is 0 Å². The van der Waals surface area contributed by atoms with Crippen LogP contribution in [0.1, 0.15) is 16.1 Å². The number of hydrogen-bond acceptors (Lipinski definition) is 3. The number of primary amides is 1. The first-order valence-electron chi connectivity index (χ1n) is 6.31.